The molecule has 0 aliphatic heterocycles. The molecule has 1 fully saturated rings. The van der Waals surface area contributed by atoms with E-state index >= 15 is 0 Å². The largest absolute Gasteiger partial charge is 0.477 e. The molecular weight excluding hydrogens is 232 g/mol. The van der Waals surface area contributed by atoms with Crippen molar-refractivity contribution in [1.82, 2.24) is 9.88 Å². The molecule has 1 aromatic heterocycles. The van der Waals surface area contributed by atoms with E-state index in [1.807, 2.05) is 6.92 Å². The molecule has 1 saturated carbocycles. The lowest BCUT2D eigenvalue weighted by Crippen LogP contribution is -2.35. The first-order valence-corrected chi connectivity index (χ1v) is 6.24. The van der Waals surface area contributed by atoms with Gasteiger partial charge in [-0.05, 0) is 31.4 Å². The summed E-state index contributed by atoms with van der Waals surface area (Å²) in [6, 6.07) is 3.28. The van der Waals surface area contributed by atoms with Crippen molar-refractivity contribution in [3.05, 3.63) is 24.0 Å². The third-order valence-corrected chi connectivity index (χ3v) is 3.15. The molecule has 0 radical (unpaired) electrons. The summed E-state index contributed by atoms with van der Waals surface area (Å²) in [5.41, 5.74) is 0.139. The SMILES string of the molecule is CC(CC1CC1)NC(=O)Cn1cccc1C(=O)O. The van der Waals surface area contributed by atoms with Crippen LogP contribution in [0.1, 0.15) is 36.7 Å². The van der Waals surface area contributed by atoms with Gasteiger partial charge in [0, 0.05) is 12.2 Å². The highest BCUT2D eigenvalue weighted by Gasteiger charge is 2.24. The zero-order valence-electron chi connectivity index (χ0n) is 10.4. The summed E-state index contributed by atoms with van der Waals surface area (Å²) in [5, 5.41) is 11.8. The van der Waals surface area contributed by atoms with Gasteiger partial charge in [-0.1, -0.05) is 12.8 Å². The van der Waals surface area contributed by atoms with E-state index in [0.29, 0.717) is 0 Å². The summed E-state index contributed by atoms with van der Waals surface area (Å²) in [6.45, 7) is 2.05. The van der Waals surface area contributed by atoms with Gasteiger partial charge in [0.2, 0.25) is 5.91 Å². The van der Waals surface area contributed by atoms with Crippen LogP contribution < -0.4 is 5.32 Å². The molecule has 1 atom stereocenters. The van der Waals surface area contributed by atoms with E-state index < -0.39 is 5.97 Å². The number of hydrogen-bond donors (Lipinski definition) is 2. The number of aromatic nitrogens is 1. The Hall–Kier alpha value is -1.78. The summed E-state index contributed by atoms with van der Waals surface area (Å²) in [6.07, 6.45) is 5.15. The number of carboxylic acids is 1. The first-order valence-electron chi connectivity index (χ1n) is 6.24. The lowest BCUT2D eigenvalue weighted by molar-refractivity contribution is -0.122. The first kappa shape index (κ1) is 12.7. The number of rotatable bonds is 6. The van der Waals surface area contributed by atoms with Crippen molar-refractivity contribution >= 4 is 11.9 Å². The van der Waals surface area contributed by atoms with Crippen molar-refractivity contribution in [2.75, 3.05) is 0 Å². The van der Waals surface area contributed by atoms with Crippen molar-refractivity contribution in [2.24, 2.45) is 5.92 Å². The number of nitrogens with zero attached hydrogens (tertiary/aromatic N) is 1. The summed E-state index contributed by atoms with van der Waals surface area (Å²) >= 11 is 0. The van der Waals surface area contributed by atoms with Crippen molar-refractivity contribution in [3.8, 4) is 0 Å². The Morgan fingerprint density at radius 3 is 2.89 bits per heavy atom. The van der Waals surface area contributed by atoms with E-state index in [1.165, 1.54) is 23.5 Å². The average Bonchev–Trinajstić information content (AvgIpc) is 2.94. The maximum absolute atomic E-state index is 11.8. The number of amides is 1. The van der Waals surface area contributed by atoms with Crippen LogP contribution in [0.15, 0.2) is 18.3 Å². The number of carbonyl (C=O) groups is 2. The topological polar surface area (TPSA) is 71.3 Å². The molecule has 5 heteroatoms. The lowest BCUT2D eigenvalue weighted by Gasteiger charge is -2.14. The Bertz CT molecular complexity index is 449. The highest BCUT2D eigenvalue weighted by molar-refractivity contribution is 5.86. The number of carbonyl (C=O) groups excluding carboxylic acids is 1. The summed E-state index contributed by atoms with van der Waals surface area (Å²) in [5.74, 6) is -0.387. The Morgan fingerprint density at radius 2 is 2.28 bits per heavy atom. The van der Waals surface area contributed by atoms with E-state index in [2.05, 4.69) is 5.32 Å². The van der Waals surface area contributed by atoms with E-state index in [0.717, 1.165) is 12.3 Å². The number of aromatic carboxylic acids is 1. The van der Waals surface area contributed by atoms with Gasteiger partial charge in [0.05, 0.1) is 0 Å². The lowest BCUT2D eigenvalue weighted by atomic mass is 10.1. The van der Waals surface area contributed by atoms with Gasteiger partial charge in [0.1, 0.15) is 12.2 Å². The van der Waals surface area contributed by atoms with Crippen LogP contribution in [0, 0.1) is 5.92 Å². The molecule has 0 aromatic carbocycles. The number of nitrogens with one attached hydrogen (secondary N) is 1. The predicted octanol–water partition coefficient (Wildman–Crippen LogP) is 1.49. The second-order valence-electron chi connectivity index (χ2n) is 4.97. The van der Waals surface area contributed by atoms with Crippen LogP contribution in [0.3, 0.4) is 0 Å². The summed E-state index contributed by atoms with van der Waals surface area (Å²) in [4.78, 5) is 22.7. The number of carboxylic acid groups (broad SMARTS) is 1. The monoisotopic (exact) mass is 250 g/mol. The molecule has 1 unspecified atom stereocenters. The summed E-state index contributed by atoms with van der Waals surface area (Å²) in [7, 11) is 0. The Morgan fingerprint density at radius 1 is 1.56 bits per heavy atom. The minimum absolute atomic E-state index is 0.0592. The van der Waals surface area contributed by atoms with E-state index in [4.69, 9.17) is 5.11 Å². The molecule has 0 saturated heterocycles. The van der Waals surface area contributed by atoms with Crippen LogP contribution in [0.4, 0.5) is 0 Å². The van der Waals surface area contributed by atoms with Gasteiger partial charge in [-0.25, -0.2) is 4.79 Å². The quantitative estimate of drug-likeness (QED) is 0.803. The minimum Gasteiger partial charge on any atom is -0.477 e. The zero-order valence-corrected chi connectivity index (χ0v) is 10.4. The first-order chi connectivity index (χ1) is 8.56. The standard InChI is InChI=1S/C13H18N2O3/c1-9(7-10-4-5-10)14-12(16)8-15-6-2-3-11(15)13(17)18/h2-3,6,9-10H,4-5,7-8H2,1H3,(H,14,16)(H,17,18). The van der Waals surface area contributed by atoms with Crippen LogP contribution in [0.2, 0.25) is 0 Å². The maximum atomic E-state index is 11.8. The molecular formula is C13H18N2O3. The predicted molar refractivity (Wildman–Crippen MR) is 66.3 cm³/mol. The molecule has 2 N–H and O–H groups in total. The molecule has 5 nitrogen and oxygen atoms in total. The Labute approximate surface area is 106 Å². The fraction of sp³-hybridized carbons (Fsp3) is 0.538. The van der Waals surface area contributed by atoms with Gasteiger partial charge in [-0.2, -0.15) is 0 Å². The molecule has 0 bridgehead atoms. The molecule has 18 heavy (non-hydrogen) atoms. The van der Waals surface area contributed by atoms with Crippen molar-refractivity contribution < 1.29 is 14.7 Å². The fourth-order valence-electron chi connectivity index (χ4n) is 2.13. The van der Waals surface area contributed by atoms with E-state index in [-0.39, 0.29) is 24.2 Å². The van der Waals surface area contributed by atoms with Gasteiger partial charge in [0.25, 0.3) is 0 Å². The second kappa shape index (κ2) is 5.25. The fourth-order valence-corrected chi connectivity index (χ4v) is 2.13. The summed E-state index contributed by atoms with van der Waals surface area (Å²) < 4.78 is 1.45. The van der Waals surface area contributed by atoms with Gasteiger partial charge >= 0.3 is 5.97 Å². The van der Waals surface area contributed by atoms with Gasteiger partial charge in [-0.15, -0.1) is 0 Å². The third-order valence-electron chi connectivity index (χ3n) is 3.15. The molecule has 1 aromatic rings. The van der Waals surface area contributed by atoms with Crippen LogP contribution >= 0.6 is 0 Å². The number of hydrogen-bond acceptors (Lipinski definition) is 2. The molecule has 1 aliphatic carbocycles. The van der Waals surface area contributed by atoms with Crippen LogP contribution in [-0.4, -0.2) is 27.6 Å². The molecule has 2 rings (SSSR count). The third kappa shape index (κ3) is 3.35. The van der Waals surface area contributed by atoms with E-state index in [1.54, 1.807) is 12.3 Å². The minimum atomic E-state index is -1.01. The van der Waals surface area contributed by atoms with E-state index in [9.17, 15) is 9.59 Å². The Kier molecular flexibility index (Phi) is 3.69. The molecule has 1 heterocycles. The molecule has 1 amide bonds. The van der Waals surface area contributed by atoms with Crippen molar-refractivity contribution in [3.63, 3.8) is 0 Å². The maximum Gasteiger partial charge on any atom is 0.352 e. The van der Waals surface area contributed by atoms with Crippen LogP contribution in [0.5, 0.6) is 0 Å². The van der Waals surface area contributed by atoms with Crippen LogP contribution in [-0.2, 0) is 11.3 Å². The van der Waals surface area contributed by atoms with Gasteiger partial charge in [-0.3, -0.25) is 4.79 Å². The smallest absolute Gasteiger partial charge is 0.352 e. The van der Waals surface area contributed by atoms with Crippen molar-refractivity contribution in [1.29, 1.82) is 0 Å². The van der Waals surface area contributed by atoms with Gasteiger partial charge < -0.3 is 15.0 Å². The van der Waals surface area contributed by atoms with Crippen molar-refractivity contribution in [2.45, 2.75) is 38.8 Å². The normalized spacial score (nSPS) is 16.3. The zero-order chi connectivity index (χ0) is 13.1. The Balaban J connectivity index is 1.85. The van der Waals surface area contributed by atoms with Crippen LogP contribution in [0.25, 0.3) is 0 Å². The molecule has 0 spiro atoms. The highest BCUT2D eigenvalue weighted by Crippen LogP contribution is 2.33. The molecule has 98 valence electrons. The highest BCUT2D eigenvalue weighted by atomic mass is 16.4. The average molecular weight is 250 g/mol. The second-order valence-corrected chi connectivity index (χ2v) is 4.97. The molecule has 1 aliphatic rings. The van der Waals surface area contributed by atoms with Gasteiger partial charge in [0.15, 0.2) is 0 Å².